The lowest BCUT2D eigenvalue weighted by Gasteiger charge is -2.29. The molecule has 45 heavy (non-hydrogen) atoms. The van der Waals surface area contributed by atoms with Gasteiger partial charge in [0.25, 0.3) is 5.91 Å². The maximum absolute atomic E-state index is 14.2. The number of nitrogens with zero attached hydrogens (tertiary/aromatic N) is 4. The molecule has 7 rings (SSSR count). The smallest absolute Gasteiger partial charge is 0.405 e. The molecule has 0 saturated heterocycles. The highest BCUT2D eigenvalue weighted by atomic mass is 79.9. The largest absolute Gasteiger partial charge is 0.465 e. The van der Waals surface area contributed by atoms with Crippen molar-refractivity contribution in [2.45, 2.75) is 12.3 Å². The third-order valence-electron chi connectivity index (χ3n) is 7.38. The van der Waals surface area contributed by atoms with Crippen molar-refractivity contribution in [2.24, 2.45) is 0 Å². The van der Waals surface area contributed by atoms with Crippen molar-refractivity contribution in [2.75, 3.05) is 0 Å². The molecule has 1 amide bonds. The molecular formula is C32H21BrF2N6O4. The summed E-state index contributed by atoms with van der Waals surface area (Å²) in [6, 6.07) is 19.5. The average Bonchev–Trinajstić information content (AvgIpc) is 3.79. The fourth-order valence-corrected chi connectivity index (χ4v) is 5.86. The third kappa shape index (κ3) is 5.16. The monoisotopic (exact) mass is 670 g/mol. The van der Waals surface area contributed by atoms with Crippen LogP contribution in [0.5, 0.6) is 5.75 Å². The highest BCUT2D eigenvalue weighted by Gasteiger charge is 2.31. The molecule has 0 fully saturated rings. The Bertz CT molecular complexity index is 2070. The molecule has 10 nitrogen and oxygen atoms in total. The summed E-state index contributed by atoms with van der Waals surface area (Å²) in [5.74, 6) is -0.607. The van der Waals surface area contributed by atoms with Crippen LogP contribution in [-0.4, -0.2) is 41.2 Å². The van der Waals surface area contributed by atoms with E-state index < -0.39 is 35.9 Å². The minimum absolute atomic E-state index is 0.268. The number of carbonyl (C=O) groups excluding carboxylic acids is 1. The second-order valence-corrected chi connectivity index (χ2v) is 11.0. The summed E-state index contributed by atoms with van der Waals surface area (Å²) in [5, 5.41) is 11.7. The zero-order chi connectivity index (χ0) is 31.2. The number of H-pyrrole nitrogens is 1. The molecule has 0 spiro atoms. The first kappa shape index (κ1) is 28.2. The van der Waals surface area contributed by atoms with Crippen LogP contribution in [0.2, 0.25) is 0 Å². The zero-order valence-electron chi connectivity index (χ0n) is 23.0. The lowest BCUT2D eigenvalue weighted by molar-refractivity contribution is 0.0856. The number of aromatic nitrogens is 5. The molecule has 0 unspecified atom stereocenters. The fraction of sp³-hybridized carbons (Fsp3) is 0.0625. The maximum Gasteiger partial charge on any atom is 0.405 e. The van der Waals surface area contributed by atoms with Crippen LogP contribution < -0.4 is 10.1 Å². The van der Waals surface area contributed by atoms with E-state index in [1.54, 1.807) is 71.7 Å². The van der Waals surface area contributed by atoms with Crippen molar-refractivity contribution in [3.8, 4) is 39.9 Å². The van der Waals surface area contributed by atoms with Gasteiger partial charge in [0, 0.05) is 23.4 Å². The Morgan fingerprint density at radius 1 is 0.978 bits per heavy atom. The molecule has 3 N–H and O–H groups in total. The first-order valence-corrected chi connectivity index (χ1v) is 14.4. The number of carbonyl (C=O) groups is 2. The van der Waals surface area contributed by atoms with E-state index in [2.05, 4.69) is 36.2 Å². The van der Waals surface area contributed by atoms with Gasteiger partial charge < -0.3 is 20.1 Å². The van der Waals surface area contributed by atoms with E-state index in [0.29, 0.717) is 50.1 Å². The van der Waals surface area contributed by atoms with Crippen LogP contribution in [-0.2, 0) is 0 Å². The molecule has 0 saturated carbocycles. The second-order valence-electron chi connectivity index (χ2n) is 10.2. The molecule has 13 heteroatoms. The summed E-state index contributed by atoms with van der Waals surface area (Å²) in [6.45, 7) is 0. The lowest BCUT2D eigenvalue weighted by atomic mass is 10.1. The van der Waals surface area contributed by atoms with E-state index in [0.717, 1.165) is 6.07 Å². The molecule has 224 valence electrons. The molecule has 0 aliphatic carbocycles. The van der Waals surface area contributed by atoms with Crippen molar-refractivity contribution in [1.29, 1.82) is 0 Å². The average molecular weight is 671 g/mol. The number of imidazole rings is 2. The fourth-order valence-electron chi connectivity index (χ4n) is 5.40. The van der Waals surface area contributed by atoms with Gasteiger partial charge in [0.1, 0.15) is 33.9 Å². The highest BCUT2D eigenvalue weighted by Crippen LogP contribution is 2.43. The number of ether oxygens (including phenoxy) is 1. The van der Waals surface area contributed by atoms with Crippen LogP contribution in [0.1, 0.15) is 28.2 Å². The SMILES string of the molecule is O=C(O)N[C@H](C(=O)n1cccc1-c1ncc(-c2ccc3c(c2)O[C@@H](c2cc(F)cc(F)c2)n2c(Br)cnc2-3)[nH]1)c1ccccc1. The van der Waals surface area contributed by atoms with Gasteiger partial charge in [-0.25, -0.2) is 23.5 Å². The zero-order valence-corrected chi connectivity index (χ0v) is 24.6. The summed E-state index contributed by atoms with van der Waals surface area (Å²) < 4.78 is 38.2. The Morgan fingerprint density at radius 2 is 1.76 bits per heavy atom. The first-order valence-electron chi connectivity index (χ1n) is 13.6. The van der Waals surface area contributed by atoms with E-state index in [4.69, 9.17) is 4.74 Å². The summed E-state index contributed by atoms with van der Waals surface area (Å²) in [6.07, 6.45) is 2.51. The van der Waals surface area contributed by atoms with Crippen molar-refractivity contribution in [1.82, 2.24) is 29.4 Å². The number of aromatic amines is 1. The van der Waals surface area contributed by atoms with Crippen LogP contribution in [0.4, 0.5) is 13.6 Å². The van der Waals surface area contributed by atoms with Crippen molar-refractivity contribution >= 4 is 27.9 Å². The van der Waals surface area contributed by atoms with Gasteiger partial charge in [-0.05, 0) is 57.9 Å². The molecule has 3 aromatic heterocycles. The quantitative estimate of drug-likeness (QED) is 0.174. The molecule has 0 bridgehead atoms. The molecule has 6 aromatic rings. The van der Waals surface area contributed by atoms with E-state index >= 15 is 0 Å². The molecular weight excluding hydrogens is 650 g/mol. The maximum atomic E-state index is 14.2. The predicted octanol–water partition coefficient (Wildman–Crippen LogP) is 7.04. The molecule has 1 aliphatic rings. The number of fused-ring (bicyclic) bond motifs is 3. The van der Waals surface area contributed by atoms with Gasteiger partial charge in [0.2, 0.25) is 6.23 Å². The Balaban J connectivity index is 1.22. The van der Waals surface area contributed by atoms with Crippen molar-refractivity contribution < 1.29 is 28.2 Å². The second kappa shape index (κ2) is 11.2. The van der Waals surface area contributed by atoms with Gasteiger partial charge in [0.05, 0.1) is 29.3 Å². The van der Waals surface area contributed by atoms with Crippen molar-refractivity contribution in [3.05, 3.63) is 125 Å². The standard InChI is InChI=1S/C32H21BrF2N6O4/c33-26-16-37-29-22-9-8-18(13-25(22)45-31(41(26)29)19-11-20(34)14-21(35)12-19)23-15-36-28(38-23)24-7-4-10-40(24)30(42)27(39-32(43)44)17-5-2-1-3-6-17/h1-16,27,31,39H,(H,36,38)(H,43,44)/t27-,31-/m0/s1. The van der Waals surface area contributed by atoms with Gasteiger partial charge in [-0.3, -0.25) is 13.9 Å². The first-order chi connectivity index (χ1) is 21.8. The van der Waals surface area contributed by atoms with Crippen LogP contribution >= 0.6 is 15.9 Å². The Labute approximate surface area is 262 Å². The minimum Gasteiger partial charge on any atom is -0.465 e. The Kier molecular flexibility index (Phi) is 7.01. The number of carboxylic acid groups (broad SMARTS) is 1. The summed E-state index contributed by atoms with van der Waals surface area (Å²) in [4.78, 5) is 37.3. The van der Waals surface area contributed by atoms with Gasteiger partial charge in [0.15, 0.2) is 5.82 Å². The number of hydrogen-bond donors (Lipinski definition) is 3. The van der Waals surface area contributed by atoms with Crippen LogP contribution in [0, 0.1) is 11.6 Å². The number of halogens is 3. The Hall–Kier alpha value is -5.56. The molecule has 0 radical (unpaired) electrons. The van der Waals surface area contributed by atoms with E-state index in [1.165, 1.54) is 16.7 Å². The third-order valence-corrected chi connectivity index (χ3v) is 7.97. The number of amides is 1. The summed E-state index contributed by atoms with van der Waals surface area (Å²) in [7, 11) is 0. The van der Waals surface area contributed by atoms with E-state index in [9.17, 15) is 23.5 Å². The minimum atomic E-state index is -1.33. The molecule has 1 aliphatic heterocycles. The molecule has 4 heterocycles. The molecule has 2 atom stereocenters. The highest BCUT2D eigenvalue weighted by molar-refractivity contribution is 9.10. The number of benzene rings is 3. The van der Waals surface area contributed by atoms with E-state index in [1.807, 2.05) is 12.1 Å². The van der Waals surface area contributed by atoms with Crippen LogP contribution in [0.15, 0.2) is 102 Å². The van der Waals surface area contributed by atoms with Gasteiger partial charge >= 0.3 is 6.09 Å². The number of nitrogens with one attached hydrogen (secondary N) is 2. The predicted molar refractivity (Wildman–Crippen MR) is 162 cm³/mol. The van der Waals surface area contributed by atoms with Crippen LogP contribution in [0.25, 0.3) is 34.2 Å². The number of hydrogen-bond acceptors (Lipinski definition) is 5. The summed E-state index contributed by atoms with van der Waals surface area (Å²) in [5.41, 5.74) is 3.15. The van der Waals surface area contributed by atoms with E-state index in [-0.39, 0.29) is 5.56 Å². The topological polar surface area (TPSA) is 127 Å². The van der Waals surface area contributed by atoms with Gasteiger partial charge in [-0.2, -0.15) is 0 Å². The van der Waals surface area contributed by atoms with Gasteiger partial charge in [-0.1, -0.05) is 36.4 Å². The summed E-state index contributed by atoms with van der Waals surface area (Å²) >= 11 is 3.46. The van der Waals surface area contributed by atoms with Gasteiger partial charge in [-0.15, -0.1) is 0 Å². The number of rotatable bonds is 6. The normalized spacial score (nSPS) is 14.2. The molecule has 3 aromatic carbocycles. The Morgan fingerprint density at radius 3 is 2.51 bits per heavy atom. The van der Waals surface area contributed by atoms with Crippen molar-refractivity contribution in [3.63, 3.8) is 0 Å². The lowest BCUT2D eigenvalue weighted by Crippen LogP contribution is -2.35. The van der Waals surface area contributed by atoms with Crippen LogP contribution in [0.3, 0.4) is 0 Å².